The van der Waals surface area contributed by atoms with Gasteiger partial charge in [0.1, 0.15) is 0 Å². The van der Waals surface area contributed by atoms with Crippen molar-refractivity contribution in [3.63, 3.8) is 0 Å². The Morgan fingerprint density at radius 1 is 1.24 bits per heavy atom. The highest BCUT2D eigenvalue weighted by atomic mass is 127. The number of rotatable bonds is 5. The molecule has 0 aromatic carbocycles. The Balaban J connectivity index is 0.00000400. The number of aliphatic imine (C=N–C) groups is 1. The van der Waals surface area contributed by atoms with Crippen LogP contribution in [0.1, 0.15) is 34.1 Å². The number of likely N-dealkylation sites (tertiary alicyclic amines) is 1. The minimum atomic E-state index is -3.09. The molecule has 0 aliphatic carbocycles. The molecule has 0 saturated carbocycles. The van der Waals surface area contributed by atoms with Crippen LogP contribution in [0.4, 0.5) is 0 Å². The zero-order valence-corrected chi connectivity index (χ0v) is 17.0. The molecule has 1 aliphatic rings. The van der Waals surface area contributed by atoms with Gasteiger partial charge >= 0.3 is 0 Å². The number of hydrogen-bond acceptors (Lipinski definition) is 3. The van der Waals surface area contributed by atoms with E-state index >= 15 is 0 Å². The molecule has 0 aromatic rings. The van der Waals surface area contributed by atoms with Crippen molar-refractivity contribution in [2.75, 3.05) is 32.9 Å². The minimum Gasteiger partial charge on any atom is -0.356 e. The zero-order chi connectivity index (χ0) is 15.6. The Morgan fingerprint density at radius 3 is 2.19 bits per heavy atom. The number of nitrogens with zero attached hydrogens (tertiary/aromatic N) is 2. The lowest BCUT2D eigenvalue weighted by Gasteiger charge is -2.62. The number of sulfonamides is 1. The van der Waals surface area contributed by atoms with E-state index < -0.39 is 10.0 Å². The number of halogens is 1. The van der Waals surface area contributed by atoms with E-state index in [1.165, 1.54) is 6.26 Å². The number of hydrogen-bond donors (Lipinski definition) is 2. The minimum absolute atomic E-state index is 0. The van der Waals surface area contributed by atoms with E-state index in [1.54, 1.807) is 7.05 Å². The van der Waals surface area contributed by atoms with Crippen LogP contribution < -0.4 is 10.0 Å². The molecule has 0 amide bonds. The fraction of sp³-hybridized carbons (Fsp3) is 0.923. The lowest BCUT2D eigenvalue weighted by molar-refractivity contribution is -0.0667. The van der Waals surface area contributed by atoms with Gasteiger partial charge in [-0.1, -0.05) is 13.8 Å². The van der Waals surface area contributed by atoms with Crippen LogP contribution in [0.15, 0.2) is 4.99 Å². The summed E-state index contributed by atoms with van der Waals surface area (Å²) in [5, 5.41) is 3.29. The van der Waals surface area contributed by atoms with E-state index in [4.69, 9.17) is 0 Å². The highest BCUT2D eigenvalue weighted by Gasteiger charge is 2.53. The molecule has 0 aromatic heterocycles. The highest BCUT2D eigenvalue weighted by molar-refractivity contribution is 14.0. The summed E-state index contributed by atoms with van der Waals surface area (Å²) in [7, 11) is -1.32. The maximum atomic E-state index is 10.9. The van der Waals surface area contributed by atoms with Crippen molar-refractivity contribution in [3.8, 4) is 0 Å². The van der Waals surface area contributed by atoms with Crippen LogP contribution in [-0.2, 0) is 10.0 Å². The van der Waals surface area contributed by atoms with Crippen LogP contribution in [0.2, 0.25) is 0 Å². The molecule has 1 aliphatic heterocycles. The summed E-state index contributed by atoms with van der Waals surface area (Å²) in [4.78, 5) is 6.57. The molecular formula is C13H29IN4O2S. The summed E-state index contributed by atoms with van der Waals surface area (Å²) < 4.78 is 24.4. The maximum absolute atomic E-state index is 10.9. The first-order chi connectivity index (χ1) is 9.01. The molecule has 0 spiro atoms. The maximum Gasteiger partial charge on any atom is 0.208 e. The van der Waals surface area contributed by atoms with Crippen molar-refractivity contribution in [3.05, 3.63) is 0 Å². The van der Waals surface area contributed by atoms with E-state index in [-0.39, 0.29) is 34.9 Å². The van der Waals surface area contributed by atoms with Gasteiger partial charge in [-0.25, -0.2) is 13.1 Å². The van der Waals surface area contributed by atoms with Gasteiger partial charge in [0.15, 0.2) is 5.96 Å². The van der Waals surface area contributed by atoms with E-state index in [2.05, 4.69) is 47.6 Å². The average molecular weight is 432 g/mol. The van der Waals surface area contributed by atoms with Crippen molar-refractivity contribution in [1.29, 1.82) is 0 Å². The lowest BCUT2D eigenvalue weighted by atomic mass is 9.65. The van der Waals surface area contributed by atoms with Crippen molar-refractivity contribution >= 4 is 40.0 Å². The van der Waals surface area contributed by atoms with E-state index in [9.17, 15) is 8.42 Å². The van der Waals surface area contributed by atoms with Crippen LogP contribution in [0.3, 0.4) is 0 Å². The summed E-state index contributed by atoms with van der Waals surface area (Å²) in [6.07, 6.45) is 1.90. The molecule has 2 N–H and O–H groups in total. The third-order valence-electron chi connectivity index (χ3n) is 4.35. The summed E-state index contributed by atoms with van der Waals surface area (Å²) in [6.45, 7) is 11.1. The normalized spacial score (nSPS) is 20.5. The van der Waals surface area contributed by atoms with E-state index in [1.807, 2.05) is 0 Å². The monoisotopic (exact) mass is 432 g/mol. The fourth-order valence-corrected chi connectivity index (χ4v) is 2.76. The molecule has 8 heteroatoms. The van der Waals surface area contributed by atoms with E-state index in [0.29, 0.717) is 13.1 Å². The predicted molar refractivity (Wildman–Crippen MR) is 98.8 cm³/mol. The molecule has 0 unspecified atom stereocenters. The van der Waals surface area contributed by atoms with Gasteiger partial charge in [0.25, 0.3) is 0 Å². The van der Waals surface area contributed by atoms with Crippen molar-refractivity contribution in [2.24, 2.45) is 10.4 Å². The first-order valence-corrected chi connectivity index (χ1v) is 8.83. The summed E-state index contributed by atoms with van der Waals surface area (Å²) in [6, 6.07) is 0. The first kappa shape index (κ1) is 20.9. The van der Waals surface area contributed by atoms with Crippen LogP contribution in [-0.4, -0.2) is 57.8 Å². The van der Waals surface area contributed by atoms with Gasteiger partial charge in [-0.2, -0.15) is 0 Å². The molecule has 6 nitrogen and oxygen atoms in total. The van der Waals surface area contributed by atoms with Gasteiger partial charge in [0, 0.05) is 37.6 Å². The average Bonchev–Trinajstić information content (AvgIpc) is 2.30. The Hall–Kier alpha value is -0.0900. The van der Waals surface area contributed by atoms with Crippen LogP contribution in [0.5, 0.6) is 0 Å². The quantitative estimate of drug-likeness (QED) is 0.297. The van der Waals surface area contributed by atoms with Gasteiger partial charge in [-0.15, -0.1) is 24.0 Å². The molecule has 0 atom stereocenters. The number of guanidine groups is 1. The second kappa shape index (κ2) is 7.45. The molecule has 21 heavy (non-hydrogen) atoms. The van der Waals surface area contributed by atoms with Gasteiger partial charge in [0.05, 0.1) is 6.26 Å². The van der Waals surface area contributed by atoms with Crippen molar-refractivity contribution in [1.82, 2.24) is 14.9 Å². The zero-order valence-electron chi connectivity index (χ0n) is 13.9. The third-order valence-corrected chi connectivity index (χ3v) is 5.08. The third kappa shape index (κ3) is 5.24. The topological polar surface area (TPSA) is 73.8 Å². The molecule has 126 valence electrons. The molecule has 1 fully saturated rings. The van der Waals surface area contributed by atoms with Crippen molar-refractivity contribution in [2.45, 2.75) is 39.7 Å². The Kier molecular flexibility index (Phi) is 7.42. The second-order valence-corrected chi connectivity index (χ2v) is 8.36. The largest absolute Gasteiger partial charge is 0.356 e. The van der Waals surface area contributed by atoms with Crippen molar-refractivity contribution < 1.29 is 8.42 Å². The summed E-state index contributed by atoms with van der Waals surface area (Å²) in [5.41, 5.74) is 0.336. The van der Waals surface area contributed by atoms with Gasteiger partial charge < -0.3 is 10.2 Å². The van der Waals surface area contributed by atoms with Crippen LogP contribution in [0, 0.1) is 5.41 Å². The Bertz CT molecular complexity index is 475. The molecule has 0 radical (unpaired) electrons. The number of nitrogens with one attached hydrogen (secondary N) is 2. The van der Waals surface area contributed by atoms with E-state index in [0.717, 1.165) is 18.9 Å². The predicted octanol–water partition coefficient (Wildman–Crippen LogP) is 1.24. The van der Waals surface area contributed by atoms with Gasteiger partial charge in [0.2, 0.25) is 10.0 Å². The Labute approximate surface area is 146 Å². The first-order valence-electron chi connectivity index (χ1n) is 6.94. The van der Waals surface area contributed by atoms with Crippen LogP contribution >= 0.6 is 24.0 Å². The molecule has 1 heterocycles. The summed E-state index contributed by atoms with van der Waals surface area (Å²) in [5.74, 6) is 0.883. The molecular weight excluding hydrogens is 403 g/mol. The molecule has 1 saturated heterocycles. The standard InChI is InChI=1S/C13H28N4O2S.HI/c1-12(2)10-17(13(12,3)4)11(14-5)15-8-7-9-16-20(6,18)19;/h16H,7-10H2,1-6H3,(H,14,15);1H. The van der Waals surface area contributed by atoms with Gasteiger partial charge in [-0.05, 0) is 20.3 Å². The summed E-state index contributed by atoms with van der Waals surface area (Å²) >= 11 is 0. The smallest absolute Gasteiger partial charge is 0.208 e. The fourth-order valence-electron chi connectivity index (χ4n) is 2.24. The lowest BCUT2D eigenvalue weighted by Crippen LogP contribution is -2.72. The SMILES string of the molecule is CN=C(NCCCNS(C)(=O)=O)N1CC(C)(C)C1(C)C.I. The second-order valence-electron chi connectivity index (χ2n) is 6.52. The highest BCUT2D eigenvalue weighted by Crippen LogP contribution is 2.46. The Morgan fingerprint density at radius 2 is 1.81 bits per heavy atom. The molecule has 0 bridgehead atoms. The van der Waals surface area contributed by atoms with Crippen LogP contribution in [0.25, 0.3) is 0 Å². The van der Waals surface area contributed by atoms with Gasteiger partial charge in [-0.3, -0.25) is 4.99 Å². The molecule has 1 rings (SSSR count).